The van der Waals surface area contributed by atoms with E-state index in [1.807, 2.05) is 6.20 Å². The molecule has 3 heterocycles. The summed E-state index contributed by atoms with van der Waals surface area (Å²) in [7, 11) is 2.12. The number of carbonyl (C=O) groups is 1. The van der Waals surface area contributed by atoms with Crippen LogP contribution in [0.5, 0.6) is 0 Å². The maximum atomic E-state index is 14.0. The first-order valence-corrected chi connectivity index (χ1v) is 13.0. The van der Waals surface area contributed by atoms with Crippen LogP contribution in [0, 0.1) is 11.7 Å². The highest BCUT2D eigenvalue weighted by atomic mass is 19.4. The summed E-state index contributed by atoms with van der Waals surface area (Å²) >= 11 is 0. The quantitative estimate of drug-likeness (QED) is 0.248. The van der Waals surface area contributed by atoms with Gasteiger partial charge in [0.25, 0.3) is 0 Å². The molecule has 41 heavy (non-hydrogen) atoms. The fourth-order valence-corrected chi connectivity index (χ4v) is 4.88. The molecule has 9 nitrogen and oxygen atoms in total. The number of carbonyl (C=O) groups excluding carboxylic acids is 1. The molecule has 1 aliphatic rings. The van der Waals surface area contributed by atoms with E-state index in [-0.39, 0.29) is 0 Å². The maximum Gasteiger partial charge on any atom is 0.416 e. The number of alkyl halides is 3. The maximum absolute atomic E-state index is 14.0. The molecule has 2 aromatic heterocycles. The van der Waals surface area contributed by atoms with E-state index in [9.17, 15) is 22.4 Å². The number of urea groups is 1. The van der Waals surface area contributed by atoms with Gasteiger partial charge in [0.15, 0.2) is 5.82 Å². The van der Waals surface area contributed by atoms with Crippen molar-refractivity contribution >= 4 is 28.7 Å². The number of benzene rings is 2. The molecule has 1 fully saturated rings. The second-order valence-electron chi connectivity index (χ2n) is 10.1. The van der Waals surface area contributed by atoms with Crippen molar-refractivity contribution in [3.63, 3.8) is 0 Å². The van der Waals surface area contributed by atoms with E-state index in [2.05, 4.69) is 32.7 Å². The van der Waals surface area contributed by atoms with Crippen molar-refractivity contribution < 1.29 is 27.1 Å². The standard InChI is InChI=1S/C28H29F4N7O2/c1-38-10-8-17(9-11-38)14-41-15-19-13-39-25(26(33)34-16-35-39)24(19)18-2-5-21(6-3-18)36-27(40)37-23-12-20(28(30,31)32)4-7-22(23)29/h2-7,12-13,16-17H,8-11,14-15H2,1H3,(H2,33,34,35)(H2,36,37,40). The van der Waals surface area contributed by atoms with Gasteiger partial charge in [-0.05, 0) is 74.8 Å². The summed E-state index contributed by atoms with van der Waals surface area (Å²) in [6.07, 6.45) is 0.712. The van der Waals surface area contributed by atoms with Gasteiger partial charge in [-0.2, -0.15) is 18.3 Å². The Bertz CT molecular complexity index is 1530. The third kappa shape index (κ3) is 6.57. The molecule has 1 aliphatic heterocycles. The Hall–Kier alpha value is -4.23. The Balaban J connectivity index is 1.31. The normalized spacial score (nSPS) is 14.9. The lowest BCUT2D eigenvalue weighted by Crippen LogP contribution is -2.31. The molecule has 13 heteroatoms. The van der Waals surface area contributed by atoms with Gasteiger partial charge in [0.2, 0.25) is 0 Å². The first kappa shape index (κ1) is 28.3. The van der Waals surface area contributed by atoms with E-state index in [1.54, 1.807) is 28.8 Å². The minimum atomic E-state index is -4.68. The number of nitrogens with one attached hydrogen (secondary N) is 2. The molecule has 0 bridgehead atoms. The van der Waals surface area contributed by atoms with Crippen molar-refractivity contribution in [1.29, 1.82) is 0 Å². The Morgan fingerprint density at radius 1 is 1.12 bits per heavy atom. The Labute approximate surface area is 233 Å². The summed E-state index contributed by atoms with van der Waals surface area (Å²) < 4.78 is 60.7. The molecule has 0 spiro atoms. The molecule has 0 radical (unpaired) electrons. The van der Waals surface area contributed by atoms with Gasteiger partial charge in [0, 0.05) is 29.6 Å². The number of rotatable bonds is 7. The molecule has 5 rings (SSSR count). The lowest BCUT2D eigenvalue weighted by atomic mass is 9.98. The second kappa shape index (κ2) is 11.7. The van der Waals surface area contributed by atoms with Crippen molar-refractivity contribution in [2.75, 3.05) is 43.1 Å². The van der Waals surface area contributed by atoms with E-state index >= 15 is 0 Å². The summed E-state index contributed by atoms with van der Waals surface area (Å²) in [5.41, 5.74) is 7.91. The van der Waals surface area contributed by atoms with Gasteiger partial charge in [0.1, 0.15) is 17.7 Å². The Morgan fingerprint density at radius 2 is 1.85 bits per heavy atom. The van der Waals surface area contributed by atoms with Crippen LogP contribution >= 0.6 is 0 Å². The topological polar surface area (TPSA) is 110 Å². The molecule has 4 aromatic rings. The first-order chi connectivity index (χ1) is 19.6. The molecule has 2 aromatic carbocycles. The van der Waals surface area contributed by atoms with Crippen LogP contribution in [0.25, 0.3) is 16.6 Å². The number of nitrogens with zero attached hydrogens (tertiary/aromatic N) is 4. The van der Waals surface area contributed by atoms with Gasteiger partial charge in [-0.25, -0.2) is 18.7 Å². The lowest BCUT2D eigenvalue weighted by molar-refractivity contribution is -0.137. The Kier molecular flexibility index (Phi) is 8.08. The molecular formula is C28H29F4N7O2. The van der Waals surface area contributed by atoms with Crippen LogP contribution in [0.3, 0.4) is 0 Å². The number of ether oxygens (including phenoxy) is 1. The number of nitrogen functional groups attached to an aromatic ring is 1. The average Bonchev–Trinajstić information content (AvgIpc) is 3.30. The molecular weight excluding hydrogens is 542 g/mol. The lowest BCUT2D eigenvalue weighted by Gasteiger charge is -2.28. The minimum Gasteiger partial charge on any atom is -0.382 e. The van der Waals surface area contributed by atoms with Gasteiger partial charge in [0.05, 0.1) is 17.9 Å². The van der Waals surface area contributed by atoms with Gasteiger partial charge in [-0.15, -0.1) is 0 Å². The van der Waals surface area contributed by atoms with E-state index in [0.717, 1.165) is 42.6 Å². The number of halogens is 4. The van der Waals surface area contributed by atoms with Crippen molar-refractivity contribution in [1.82, 2.24) is 19.5 Å². The summed E-state index contributed by atoms with van der Waals surface area (Å²) in [5, 5.41) is 8.91. The molecule has 0 aliphatic carbocycles. The number of nitrogens with two attached hydrogens (primary N) is 1. The van der Waals surface area contributed by atoms with Crippen molar-refractivity contribution in [3.05, 3.63) is 71.9 Å². The van der Waals surface area contributed by atoms with Gasteiger partial charge in [-0.1, -0.05) is 12.1 Å². The Morgan fingerprint density at radius 3 is 2.56 bits per heavy atom. The number of anilines is 3. The van der Waals surface area contributed by atoms with Crippen LogP contribution in [0.4, 0.5) is 39.5 Å². The van der Waals surface area contributed by atoms with Crippen LogP contribution < -0.4 is 16.4 Å². The average molecular weight is 572 g/mol. The number of hydrogen-bond acceptors (Lipinski definition) is 6. The smallest absolute Gasteiger partial charge is 0.382 e. The van der Waals surface area contributed by atoms with E-state index in [4.69, 9.17) is 10.5 Å². The van der Waals surface area contributed by atoms with Crippen LogP contribution in [-0.4, -0.2) is 52.3 Å². The van der Waals surface area contributed by atoms with Crippen molar-refractivity contribution in [2.24, 2.45) is 5.92 Å². The minimum absolute atomic E-state index is 0.293. The summed E-state index contributed by atoms with van der Waals surface area (Å²) in [4.78, 5) is 18.9. The highest BCUT2D eigenvalue weighted by Gasteiger charge is 2.31. The van der Waals surface area contributed by atoms with Crippen LogP contribution in [0.2, 0.25) is 0 Å². The summed E-state index contributed by atoms with van der Waals surface area (Å²) in [5.74, 6) is -0.201. The van der Waals surface area contributed by atoms with Crippen molar-refractivity contribution in [2.45, 2.75) is 25.6 Å². The van der Waals surface area contributed by atoms with E-state index in [0.29, 0.717) is 54.4 Å². The van der Waals surface area contributed by atoms with Crippen LogP contribution in [0.15, 0.2) is 55.0 Å². The zero-order valence-corrected chi connectivity index (χ0v) is 22.2. The predicted octanol–water partition coefficient (Wildman–Crippen LogP) is 5.64. The number of aromatic nitrogens is 3. The monoisotopic (exact) mass is 571 g/mol. The van der Waals surface area contributed by atoms with Gasteiger partial charge in [-0.3, -0.25) is 0 Å². The van der Waals surface area contributed by atoms with Crippen LogP contribution in [0.1, 0.15) is 24.0 Å². The number of piperidine rings is 1. The van der Waals surface area contributed by atoms with E-state index < -0.39 is 29.3 Å². The third-order valence-electron chi connectivity index (χ3n) is 7.10. The third-order valence-corrected chi connectivity index (χ3v) is 7.10. The fourth-order valence-electron chi connectivity index (χ4n) is 4.88. The molecule has 0 atom stereocenters. The highest BCUT2D eigenvalue weighted by Crippen LogP contribution is 2.34. The van der Waals surface area contributed by atoms with E-state index in [1.165, 1.54) is 6.33 Å². The number of likely N-dealkylation sites (tertiary alicyclic amines) is 1. The molecule has 2 amide bonds. The SMILES string of the molecule is CN1CCC(COCc2cn3ncnc(N)c3c2-c2ccc(NC(=O)Nc3cc(C(F)(F)F)ccc3F)cc2)CC1. The highest BCUT2D eigenvalue weighted by molar-refractivity contribution is 6.00. The molecule has 0 saturated carbocycles. The predicted molar refractivity (Wildman–Crippen MR) is 147 cm³/mol. The largest absolute Gasteiger partial charge is 0.416 e. The molecule has 1 saturated heterocycles. The van der Waals surface area contributed by atoms with Gasteiger partial charge < -0.3 is 26.0 Å². The zero-order valence-electron chi connectivity index (χ0n) is 22.2. The fraction of sp³-hybridized carbons (Fsp3) is 0.321. The summed E-state index contributed by atoms with van der Waals surface area (Å²) in [6, 6.07) is 7.64. The van der Waals surface area contributed by atoms with Crippen LogP contribution in [-0.2, 0) is 17.5 Å². The number of amides is 2. The molecule has 216 valence electrons. The molecule has 0 unspecified atom stereocenters. The number of fused-ring (bicyclic) bond motifs is 1. The summed E-state index contributed by atoms with van der Waals surface area (Å²) in [6.45, 7) is 3.09. The van der Waals surface area contributed by atoms with Gasteiger partial charge >= 0.3 is 12.2 Å². The zero-order chi connectivity index (χ0) is 29.1. The molecule has 4 N–H and O–H groups in total. The second-order valence-corrected chi connectivity index (χ2v) is 10.1. The number of hydrogen-bond donors (Lipinski definition) is 3. The first-order valence-electron chi connectivity index (χ1n) is 13.0. The van der Waals surface area contributed by atoms with Crippen molar-refractivity contribution in [3.8, 4) is 11.1 Å².